The van der Waals surface area contributed by atoms with Crippen LogP contribution in [0.3, 0.4) is 0 Å². The first-order valence-electron chi connectivity index (χ1n) is 9.13. The molecule has 2 heterocycles. The molecule has 5 nitrogen and oxygen atoms in total. The number of amides is 1. The van der Waals surface area contributed by atoms with Crippen molar-refractivity contribution >= 4 is 16.9 Å². The van der Waals surface area contributed by atoms with Crippen molar-refractivity contribution in [3.63, 3.8) is 0 Å². The number of ether oxygens (including phenoxy) is 2. The van der Waals surface area contributed by atoms with Crippen molar-refractivity contribution in [2.75, 3.05) is 13.2 Å². The summed E-state index contributed by atoms with van der Waals surface area (Å²) in [5, 5.41) is 4.17. The zero-order valence-electron chi connectivity index (χ0n) is 14.9. The maximum atomic E-state index is 12.7. The molecule has 5 heteroatoms. The summed E-state index contributed by atoms with van der Waals surface area (Å²) in [4.78, 5) is 12.7. The molecule has 1 atom stereocenters. The lowest BCUT2D eigenvalue weighted by molar-refractivity contribution is -0.196. The van der Waals surface area contributed by atoms with E-state index >= 15 is 0 Å². The molecular weight excluding hydrogens is 318 g/mol. The molecule has 1 N–H and O–H groups in total. The lowest BCUT2D eigenvalue weighted by Gasteiger charge is -2.39. The number of hydrogen-bond donors (Lipinski definition) is 1. The number of benzene rings is 1. The average molecular weight is 343 g/mol. The second-order valence-electron chi connectivity index (χ2n) is 7.20. The summed E-state index contributed by atoms with van der Waals surface area (Å²) in [6.45, 7) is 5.33. The van der Waals surface area contributed by atoms with Crippen LogP contribution >= 0.6 is 0 Å². The molecule has 1 aliphatic heterocycles. The van der Waals surface area contributed by atoms with E-state index in [0.717, 1.165) is 47.8 Å². The molecule has 1 aliphatic carbocycles. The van der Waals surface area contributed by atoms with Crippen molar-refractivity contribution in [1.29, 1.82) is 0 Å². The standard InChI is InChI=1S/C20H25NO4/c1-13-6-7-16-15(12-23-19(16)14(13)2)11-18(22)21-17-5-3-4-8-20(17)24-9-10-25-20/h6-7,12,17H,3-5,8-11H2,1-2H3,(H,21,22)/t17-/m1/s1. The zero-order chi connectivity index (χ0) is 17.4. The Balaban J connectivity index is 1.50. The van der Waals surface area contributed by atoms with Gasteiger partial charge in [0.1, 0.15) is 5.58 Å². The van der Waals surface area contributed by atoms with Crippen molar-refractivity contribution < 1.29 is 18.7 Å². The topological polar surface area (TPSA) is 60.7 Å². The molecule has 1 aromatic heterocycles. The van der Waals surface area contributed by atoms with Gasteiger partial charge in [-0.15, -0.1) is 0 Å². The van der Waals surface area contributed by atoms with Crippen LogP contribution in [0.5, 0.6) is 0 Å². The van der Waals surface area contributed by atoms with Crippen LogP contribution in [-0.4, -0.2) is 30.9 Å². The lowest BCUT2D eigenvalue weighted by atomic mass is 9.88. The zero-order valence-corrected chi connectivity index (χ0v) is 14.9. The minimum atomic E-state index is -0.611. The van der Waals surface area contributed by atoms with Crippen LogP contribution in [-0.2, 0) is 20.7 Å². The SMILES string of the molecule is Cc1ccc2c(CC(=O)N[C@@H]3CCCCC34OCCO4)coc2c1C. The molecule has 1 amide bonds. The van der Waals surface area contributed by atoms with Crippen LogP contribution in [0.15, 0.2) is 22.8 Å². The molecule has 1 spiro atoms. The Morgan fingerprint density at radius 2 is 2.04 bits per heavy atom. The number of nitrogens with one attached hydrogen (secondary N) is 1. The summed E-state index contributed by atoms with van der Waals surface area (Å²) in [5.41, 5.74) is 4.12. The van der Waals surface area contributed by atoms with Crippen molar-refractivity contribution in [1.82, 2.24) is 5.32 Å². The van der Waals surface area contributed by atoms with Gasteiger partial charge in [0.15, 0.2) is 5.79 Å². The number of carbonyl (C=O) groups is 1. The lowest BCUT2D eigenvalue weighted by Crippen LogP contribution is -2.55. The fourth-order valence-corrected chi connectivity index (χ4v) is 4.06. The molecule has 1 saturated carbocycles. The van der Waals surface area contributed by atoms with Gasteiger partial charge in [-0.25, -0.2) is 0 Å². The van der Waals surface area contributed by atoms with Gasteiger partial charge in [-0.05, 0) is 37.8 Å². The first kappa shape index (κ1) is 16.6. The average Bonchev–Trinajstić information content (AvgIpc) is 3.22. The van der Waals surface area contributed by atoms with Crippen LogP contribution in [0.25, 0.3) is 11.0 Å². The molecule has 25 heavy (non-hydrogen) atoms. The first-order chi connectivity index (χ1) is 12.1. The molecule has 2 fully saturated rings. The normalized spacial score (nSPS) is 22.6. The summed E-state index contributed by atoms with van der Waals surface area (Å²) in [6, 6.07) is 4.04. The monoisotopic (exact) mass is 343 g/mol. The Bertz CT molecular complexity index is 788. The quantitative estimate of drug-likeness (QED) is 0.928. The third-order valence-corrected chi connectivity index (χ3v) is 5.60. The maximum absolute atomic E-state index is 12.7. The first-order valence-corrected chi connectivity index (χ1v) is 9.13. The Morgan fingerprint density at radius 1 is 1.24 bits per heavy atom. The summed E-state index contributed by atoms with van der Waals surface area (Å²) >= 11 is 0. The van der Waals surface area contributed by atoms with Crippen LogP contribution in [0.2, 0.25) is 0 Å². The van der Waals surface area contributed by atoms with Gasteiger partial charge in [-0.3, -0.25) is 4.79 Å². The van der Waals surface area contributed by atoms with Crippen molar-refractivity contribution in [3.05, 3.63) is 35.1 Å². The molecule has 0 bridgehead atoms. The third-order valence-electron chi connectivity index (χ3n) is 5.60. The predicted molar refractivity (Wildman–Crippen MR) is 94.4 cm³/mol. The number of carbonyl (C=O) groups excluding carboxylic acids is 1. The van der Waals surface area contributed by atoms with E-state index in [-0.39, 0.29) is 11.9 Å². The fourth-order valence-electron chi connectivity index (χ4n) is 4.06. The van der Waals surface area contributed by atoms with Gasteiger partial charge in [-0.2, -0.15) is 0 Å². The number of rotatable bonds is 3. The van der Waals surface area contributed by atoms with Crippen LogP contribution in [0.4, 0.5) is 0 Å². The molecular formula is C20H25NO4. The minimum Gasteiger partial charge on any atom is -0.464 e. The highest BCUT2D eigenvalue weighted by atomic mass is 16.7. The van der Waals surface area contributed by atoms with E-state index in [1.807, 2.05) is 13.0 Å². The second-order valence-corrected chi connectivity index (χ2v) is 7.20. The van der Waals surface area contributed by atoms with Gasteiger partial charge in [-0.1, -0.05) is 18.6 Å². The number of furan rings is 1. The molecule has 2 aliphatic rings. The third kappa shape index (κ3) is 2.96. The van der Waals surface area contributed by atoms with E-state index in [0.29, 0.717) is 19.6 Å². The summed E-state index contributed by atoms with van der Waals surface area (Å²) in [7, 11) is 0. The summed E-state index contributed by atoms with van der Waals surface area (Å²) < 4.78 is 17.5. The van der Waals surface area contributed by atoms with Gasteiger partial charge < -0.3 is 19.2 Å². The van der Waals surface area contributed by atoms with Crippen molar-refractivity contribution in [2.24, 2.45) is 0 Å². The molecule has 2 aromatic rings. The van der Waals surface area contributed by atoms with Gasteiger partial charge in [0.2, 0.25) is 5.91 Å². The maximum Gasteiger partial charge on any atom is 0.224 e. The Hall–Kier alpha value is -1.85. The molecule has 1 saturated heterocycles. The van der Waals surface area contributed by atoms with Gasteiger partial charge in [0.05, 0.1) is 31.9 Å². The fraction of sp³-hybridized carbons (Fsp3) is 0.550. The second kappa shape index (κ2) is 6.46. The minimum absolute atomic E-state index is 0.00805. The molecule has 0 unspecified atom stereocenters. The van der Waals surface area contributed by atoms with Gasteiger partial charge in [0, 0.05) is 17.4 Å². The van der Waals surface area contributed by atoms with E-state index in [1.54, 1.807) is 6.26 Å². The molecule has 4 rings (SSSR count). The van der Waals surface area contributed by atoms with E-state index in [9.17, 15) is 4.79 Å². The Labute approximate surface area is 147 Å². The molecule has 134 valence electrons. The summed E-state index contributed by atoms with van der Waals surface area (Å²) in [6.07, 6.45) is 5.93. The van der Waals surface area contributed by atoms with E-state index < -0.39 is 5.79 Å². The van der Waals surface area contributed by atoms with Crippen molar-refractivity contribution in [2.45, 2.75) is 57.8 Å². The smallest absolute Gasteiger partial charge is 0.224 e. The van der Waals surface area contributed by atoms with Crippen LogP contribution in [0.1, 0.15) is 42.4 Å². The molecule has 0 radical (unpaired) electrons. The summed E-state index contributed by atoms with van der Waals surface area (Å²) in [5.74, 6) is -0.619. The van der Waals surface area contributed by atoms with E-state index in [4.69, 9.17) is 13.9 Å². The Morgan fingerprint density at radius 3 is 2.84 bits per heavy atom. The van der Waals surface area contributed by atoms with E-state index in [2.05, 4.69) is 18.3 Å². The van der Waals surface area contributed by atoms with Crippen molar-refractivity contribution in [3.8, 4) is 0 Å². The Kier molecular flexibility index (Phi) is 4.29. The van der Waals surface area contributed by atoms with Crippen LogP contribution in [0, 0.1) is 13.8 Å². The van der Waals surface area contributed by atoms with Gasteiger partial charge in [0.25, 0.3) is 0 Å². The number of hydrogen-bond acceptors (Lipinski definition) is 4. The highest BCUT2D eigenvalue weighted by Gasteiger charge is 2.46. The molecule has 1 aromatic carbocycles. The van der Waals surface area contributed by atoms with Gasteiger partial charge >= 0.3 is 0 Å². The largest absolute Gasteiger partial charge is 0.464 e. The number of aryl methyl sites for hydroxylation is 2. The van der Waals surface area contributed by atoms with E-state index in [1.165, 1.54) is 5.56 Å². The highest BCUT2D eigenvalue weighted by Crippen LogP contribution is 2.36. The highest BCUT2D eigenvalue weighted by molar-refractivity contribution is 5.89. The predicted octanol–water partition coefficient (Wildman–Crippen LogP) is 3.39. The van der Waals surface area contributed by atoms with Crippen LogP contribution < -0.4 is 5.32 Å². The number of fused-ring (bicyclic) bond motifs is 1.